The molecule has 1 aliphatic heterocycles. The normalized spacial score (nSPS) is 12.6. The second-order valence-corrected chi connectivity index (χ2v) is 6.89. The molecule has 1 heterocycles. The lowest BCUT2D eigenvalue weighted by Crippen LogP contribution is -2.25. The average molecular weight is 366 g/mol. The molecule has 0 aliphatic carbocycles. The Labute approximate surface area is 147 Å². The number of benzene rings is 2. The third kappa shape index (κ3) is 6.16. The van der Waals surface area contributed by atoms with E-state index in [1.807, 2.05) is 24.3 Å². The predicted octanol–water partition coefficient (Wildman–Crippen LogP) is 2.95. The third-order valence-electron chi connectivity index (χ3n) is 3.52. The molecule has 3 N–H and O–H groups in total. The summed E-state index contributed by atoms with van der Waals surface area (Å²) in [4.78, 5) is 26.1. The first-order chi connectivity index (χ1) is 11.8. The van der Waals surface area contributed by atoms with Crippen molar-refractivity contribution < 1.29 is 24.0 Å². The van der Waals surface area contributed by atoms with Crippen LogP contribution >= 0.6 is 7.82 Å². The van der Waals surface area contributed by atoms with Gasteiger partial charge in [0.25, 0.3) is 0 Å². The molecule has 25 heavy (non-hydrogen) atoms. The van der Waals surface area contributed by atoms with E-state index < -0.39 is 7.82 Å². The molecule has 0 aromatic heterocycles. The molecule has 136 valence electrons. The van der Waals surface area contributed by atoms with Crippen molar-refractivity contribution in [2.45, 2.75) is 6.42 Å². The van der Waals surface area contributed by atoms with Gasteiger partial charge in [-0.05, 0) is 51.3 Å². The van der Waals surface area contributed by atoms with Gasteiger partial charge >= 0.3 is 7.82 Å². The molecule has 2 aromatic carbocycles. The van der Waals surface area contributed by atoms with E-state index in [9.17, 15) is 0 Å². The Hall–Kier alpha value is -1.89. The SMILES string of the molecule is CN(C)CCCN1c2ccccc2Oc2ccccc21.O=P(O)(O)O. The topological polar surface area (TPSA) is 93.5 Å². The minimum atomic E-state index is -4.64. The Morgan fingerprint density at radius 1 is 0.960 bits per heavy atom. The predicted molar refractivity (Wildman–Crippen MR) is 97.4 cm³/mol. The smallest absolute Gasteiger partial charge is 0.453 e. The molecule has 2 aromatic rings. The Kier molecular flexibility index (Phi) is 6.58. The summed E-state index contributed by atoms with van der Waals surface area (Å²) in [5.74, 6) is 1.88. The maximum Gasteiger partial charge on any atom is 0.466 e. The number of nitrogens with zero attached hydrogens (tertiary/aromatic N) is 2. The molecule has 0 radical (unpaired) electrons. The van der Waals surface area contributed by atoms with Gasteiger partial charge in [-0.25, -0.2) is 4.57 Å². The number of hydrogen-bond acceptors (Lipinski definition) is 4. The molecule has 0 bridgehead atoms. The van der Waals surface area contributed by atoms with Crippen LogP contribution in [-0.4, -0.2) is 46.8 Å². The van der Waals surface area contributed by atoms with Gasteiger partial charge in [0.2, 0.25) is 0 Å². The quantitative estimate of drug-likeness (QED) is 0.716. The van der Waals surface area contributed by atoms with Crippen LogP contribution in [0.15, 0.2) is 48.5 Å². The Morgan fingerprint density at radius 2 is 1.40 bits per heavy atom. The summed E-state index contributed by atoms with van der Waals surface area (Å²) in [7, 11) is -0.414. The zero-order chi connectivity index (χ0) is 18.4. The fraction of sp³-hybridized carbons (Fsp3) is 0.294. The molecule has 1 aliphatic rings. The molecule has 3 rings (SSSR count). The highest BCUT2D eigenvalue weighted by atomic mass is 31.2. The van der Waals surface area contributed by atoms with Crippen LogP contribution in [0.1, 0.15) is 6.42 Å². The van der Waals surface area contributed by atoms with Gasteiger partial charge < -0.3 is 29.2 Å². The first kappa shape index (κ1) is 19.4. The largest absolute Gasteiger partial charge is 0.466 e. The highest BCUT2D eigenvalue weighted by Gasteiger charge is 2.22. The van der Waals surface area contributed by atoms with Gasteiger partial charge in [0.05, 0.1) is 11.4 Å². The van der Waals surface area contributed by atoms with Gasteiger partial charge in [-0.15, -0.1) is 0 Å². The van der Waals surface area contributed by atoms with Crippen LogP contribution in [0.4, 0.5) is 11.4 Å². The number of phosphoric acid groups is 1. The van der Waals surface area contributed by atoms with E-state index >= 15 is 0 Å². The van der Waals surface area contributed by atoms with Gasteiger partial charge in [0, 0.05) is 6.54 Å². The van der Waals surface area contributed by atoms with E-state index in [1.165, 1.54) is 0 Å². The van der Waals surface area contributed by atoms with Crippen molar-refractivity contribution in [3.05, 3.63) is 48.5 Å². The van der Waals surface area contributed by atoms with Crippen molar-refractivity contribution >= 4 is 19.2 Å². The van der Waals surface area contributed by atoms with Crippen LogP contribution in [0.3, 0.4) is 0 Å². The van der Waals surface area contributed by atoms with Gasteiger partial charge in [-0.3, -0.25) is 0 Å². The minimum Gasteiger partial charge on any atom is -0.453 e. The maximum absolute atomic E-state index is 8.88. The van der Waals surface area contributed by atoms with E-state index in [0.717, 1.165) is 42.4 Å². The first-order valence-corrected chi connectivity index (χ1v) is 9.38. The van der Waals surface area contributed by atoms with Crippen molar-refractivity contribution in [3.8, 4) is 11.5 Å². The standard InChI is InChI=1S/C17H20N2O.H3O4P/c1-18(2)12-7-13-19-14-8-3-5-10-16(14)20-17-11-6-4-9-15(17)19;1-5(2,3)4/h3-6,8-11H,7,12-13H2,1-2H3;(H3,1,2,3,4). The van der Waals surface area contributed by atoms with Crippen molar-refractivity contribution in [1.29, 1.82) is 0 Å². The number of ether oxygens (including phenoxy) is 1. The highest BCUT2D eigenvalue weighted by molar-refractivity contribution is 7.45. The van der Waals surface area contributed by atoms with Crippen LogP contribution in [0, 0.1) is 0 Å². The van der Waals surface area contributed by atoms with E-state index in [4.69, 9.17) is 24.0 Å². The number of rotatable bonds is 4. The number of fused-ring (bicyclic) bond motifs is 2. The second kappa shape index (κ2) is 8.47. The molecular formula is C17H23N2O5P. The van der Waals surface area contributed by atoms with Crippen LogP contribution in [0.25, 0.3) is 0 Å². The molecule has 0 atom stereocenters. The van der Waals surface area contributed by atoms with Crippen molar-refractivity contribution in [2.75, 3.05) is 32.1 Å². The maximum atomic E-state index is 8.88. The third-order valence-corrected chi connectivity index (χ3v) is 3.52. The summed E-state index contributed by atoms with van der Waals surface area (Å²) in [5, 5.41) is 0. The number of para-hydroxylation sites is 4. The molecule has 7 nitrogen and oxygen atoms in total. The minimum absolute atomic E-state index is 0.941. The first-order valence-electron chi connectivity index (χ1n) is 7.82. The summed E-state index contributed by atoms with van der Waals surface area (Å²) < 4.78 is 14.9. The summed E-state index contributed by atoms with van der Waals surface area (Å²) >= 11 is 0. The van der Waals surface area contributed by atoms with Gasteiger partial charge in [0.15, 0.2) is 11.5 Å². The lowest BCUT2D eigenvalue weighted by molar-refractivity contribution is 0.275. The summed E-state index contributed by atoms with van der Waals surface area (Å²) in [6, 6.07) is 16.5. The molecule has 0 fully saturated rings. The lowest BCUT2D eigenvalue weighted by Gasteiger charge is -2.33. The summed E-state index contributed by atoms with van der Waals surface area (Å²) in [6.07, 6.45) is 1.12. The summed E-state index contributed by atoms with van der Waals surface area (Å²) in [6.45, 7) is 2.08. The average Bonchev–Trinajstić information content (AvgIpc) is 2.52. The molecule has 0 spiro atoms. The van der Waals surface area contributed by atoms with E-state index in [1.54, 1.807) is 0 Å². The fourth-order valence-electron chi connectivity index (χ4n) is 2.57. The number of hydrogen-bond donors (Lipinski definition) is 3. The zero-order valence-corrected chi connectivity index (χ0v) is 15.1. The van der Waals surface area contributed by atoms with Crippen LogP contribution in [0.2, 0.25) is 0 Å². The molecule has 8 heteroatoms. The zero-order valence-electron chi connectivity index (χ0n) is 14.2. The Balaban J connectivity index is 0.000000399. The van der Waals surface area contributed by atoms with E-state index in [0.29, 0.717) is 0 Å². The Bertz CT molecular complexity index is 694. The van der Waals surface area contributed by atoms with Crippen molar-refractivity contribution in [1.82, 2.24) is 4.90 Å². The lowest BCUT2D eigenvalue weighted by atomic mass is 10.1. The van der Waals surface area contributed by atoms with Crippen molar-refractivity contribution in [3.63, 3.8) is 0 Å². The monoisotopic (exact) mass is 366 g/mol. The summed E-state index contributed by atoms with van der Waals surface area (Å²) in [5.41, 5.74) is 2.31. The van der Waals surface area contributed by atoms with Crippen LogP contribution in [0.5, 0.6) is 11.5 Å². The molecule has 0 saturated heterocycles. The van der Waals surface area contributed by atoms with Crippen LogP contribution in [-0.2, 0) is 4.57 Å². The van der Waals surface area contributed by atoms with E-state index in [2.05, 4.69) is 48.2 Å². The highest BCUT2D eigenvalue weighted by Crippen LogP contribution is 2.46. The molecule has 0 amide bonds. The van der Waals surface area contributed by atoms with E-state index in [-0.39, 0.29) is 0 Å². The van der Waals surface area contributed by atoms with Gasteiger partial charge in [-0.2, -0.15) is 0 Å². The number of anilines is 2. The molecular weight excluding hydrogens is 343 g/mol. The molecule has 0 saturated carbocycles. The Morgan fingerprint density at radius 3 is 1.84 bits per heavy atom. The second-order valence-electron chi connectivity index (χ2n) is 5.86. The fourth-order valence-corrected chi connectivity index (χ4v) is 2.57. The van der Waals surface area contributed by atoms with Gasteiger partial charge in [0.1, 0.15) is 0 Å². The van der Waals surface area contributed by atoms with Crippen molar-refractivity contribution in [2.24, 2.45) is 0 Å². The molecule has 0 unspecified atom stereocenters. The van der Waals surface area contributed by atoms with Crippen LogP contribution < -0.4 is 9.64 Å². The van der Waals surface area contributed by atoms with Gasteiger partial charge in [-0.1, -0.05) is 24.3 Å².